The lowest BCUT2D eigenvalue weighted by Crippen LogP contribution is -2.53. The van der Waals surface area contributed by atoms with Gasteiger partial charge in [-0.15, -0.1) is 0 Å². The molecule has 4 nitrogen and oxygen atoms in total. The number of piperazine rings is 1. The van der Waals surface area contributed by atoms with Crippen molar-refractivity contribution in [1.82, 2.24) is 4.90 Å². The number of rotatable bonds is 4. The highest BCUT2D eigenvalue weighted by Gasteiger charge is 2.41. The molecule has 1 heterocycles. The van der Waals surface area contributed by atoms with Crippen molar-refractivity contribution in [3.63, 3.8) is 0 Å². The van der Waals surface area contributed by atoms with E-state index in [1.807, 2.05) is 18.2 Å². The second kappa shape index (κ2) is 5.62. The van der Waals surface area contributed by atoms with Gasteiger partial charge >= 0.3 is 5.97 Å². The summed E-state index contributed by atoms with van der Waals surface area (Å²) in [5.41, 5.74) is 1.12. The third kappa shape index (κ3) is 2.91. The summed E-state index contributed by atoms with van der Waals surface area (Å²) in [7, 11) is 0. The number of benzene rings is 1. The Morgan fingerprint density at radius 3 is 2.50 bits per heavy atom. The van der Waals surface area contributed by atoms with Crippen molar-refractivity contribution in [2.75, 3.05) is 31.1 Å². The summed E-state index contributed by atoms with van der Waals surface area (Å²) in [5, 5.41) is 10.1. The molecule has 2 aliphatic rings. The van der Waals surface area contributed by atoms with E-state index in [4.69, 9.17) is 11.6 Å². The molecule has 2 fully saturated rings. The molecule has 0 spiro atoms. The monoisotopic (exact) mass is 294 g/mol. The summed E-state index contributed by atoms with van der Waals surface area (Å²) >= 11 is 6.02. The highest BCUT2D eigenvalue weighted by Crippen LogP contribution is 2.36. The van der Waals surface area contributed by atoms with Gasteiger partial charge in [-0.3, -0.25) is 9.69 Å². The molecular weight excluding hydrogens is 276 g/mol. The summed E-state index contributed by atoms with van der Waals surface area (Å²) in [6, 6.07) is 7.56. The molecule has 0 amide bonds. The van der Waals surface area contributed by atoms with Crippen LogP contribution >= 0.6 is 11.6 Å². The van der Waals surface area contributed by atoms with Crippen molar-refractivity contribution in [3.05, 3.63) is 29.3 Å². The lowest BCUT2D eigenvalue weighted by atomic mass is 10.1. The van der Waals surface area contributed by atoms with Crippen molar-refractivity contribution in [2.24, 2.45) is 5.92 Å². The van der Waals surface area contributed by atoms with Gasteiger partial charge < -0.3 is 10.0 Å². The predicted octanol–water partition coefficient (Wildman–Crippen LogP) is 2.33. The van der Waals surface area contributed by atoms with Crippen LogP contribution in [0.3, 0.4) is 0 Å². The SMILES string of the molecule is O=C(O)C(C1CC1)N1CCN(c2cccc(Cl)c2)CC1. The van der Waals surface area contributed by atoms with E-state index in [1.54, 1.807) is 0 Å². The molecule has 1 aliphatic heterocycles. The van der Waals surface area contributed by atoms with Gasteiger partial charge in [-0.25, -0.2) is 0 Å². The van der Waals surface area contributed by atoms with Gasteiger partial charge in [0.1, 0.15) is 6.04 Å². The van der Waals surface area contributed by atoms with Crippen LogP contribution in [0, 0.1) is 5.92 Å². The summed E-state index contributed by atoms with van der Waals surface area (Å²) in [6.07, 6.45) is 2.12. The Balaban J connectivity index is 1.63. The van der Waals surface area contributed by atoms with E-state index in [-0.39, 0.29) is 6.04 Å². The maximum absolute atomic E-state index is 11.4. The number of carboxylic acids is 1. The number of nitrogens with zero attached hydrogens (tertiary/aromatic N) is 2. The minimum Gasteiger partial charge on any atom is -0.480 e. The van der Waals surface area contributed by atoms with Crippen LogP contribution in [0.2, 0.25) is 5.02 Å². The third-order valence-corrected chi connectivity index (χ3v) is 4.44. The van der Waals surface area contributed by atoms with Crippen molar-refractivity contribution in [2.45, 2.75) is 18.9 Å². The van der Waals surface area contributed by atoms with Gasteiger partial charge in [-0.2, -0.15) is 0 Å². The topological polar surface area (TPSA) is 43.8 Å². The molecule has 1 atom stereocenters. The van der Waals surface area contributed by atoms with E-state index >= 15 is 0 Å². The molecule has 1 aromatic rings. The molecule has 3 rings (SSSR count). The predicted molar refractivity (Wildman–Crippen MR) is 79.4 cm³/mol. The second-order valence-corrected chi connectivity index (χ2v) is 6.06. The molecule has 1 aromatic carbocycles. The molecule has 20 heavy (non-hydrogen) atoms. The maximum atomic E-state index is 11.4. The summed E-state index contributed by atoms with van der Waals surface area (Å²) in [4.78, 5) is 15.8. The van der Waals surface area contributed by atoms with Crippen molar-refractivity contribution >= 4 is 23.3 Å². The van der Waals surface area contributed by atoms with Gasteiger partial charge in [0.25, 0.3) is 0 Å². The number of carbonyl (C=O) groups is 1. The molecule has 1 saturated heterocycles. The van der Waals surface area contributed by atoms with Gasteiger partial charge in [0.05, 0.1) is 0 Å². The molecule has 108 valence electrons. The number of carboxylic acid groups (broad SMARTS) is 1. The van der Waals surface area contributed by atoms with Gasteiger partial charge in [0.2, 0.25) is 0 Å². The van der Waals surface area contributed by atoms with E-state index in [0.29, 0.717) is 5.92 Å². The average molecular weight is 295 g/mol. The number of hydrogen-bond donors (Lipinski definition) is 1. The Labute approximate surface area is 123 Å². The smallest absolute Gasteiger partial charge is 0.321 e. The Kier molecular flexibility index (Phi) is 3.85. The fraction of sp³-hybridized carbons (Fsp3) is 0.533. The Hall–Kier alpha value is -1.26. The number of hydrogen-bond acceptors (Lipinski definition) is 3. The van der Waals surface area contributed by atoms with E-state index < -0.39 is 5.97 Å². The van der Waals surface area contributed by atoms with Crippen LogP contribution in [0.15, 0.2) is 24.3 Å². The van der Waals surface area contributed by atoms with Crippen LogP contribution in [0.25, 0.3) is 0 Å². The first-order valence-corrected chi connectivity index (χ1v) is 7.50. The highest BCUT2D eigenvalue weighted by molar-refractivity contribution is 6.30. The summed E-state index contributed by atoms with van der Waals surface area (Å²) in [6.45, 7) is 3.33. The molecular formula is C15H19ClN2O2. The second-order valence-electron chi connectivity index (χ2n) is 5.62. The molecule has 0 radical (unpaired) electrons. The van der Waals surface area contributed by atoms with E-state index in [0.717, 1.165) is 49.7 Å². The highest BCUT2D eigenvalue weighted by atomic mass is 35.5. The zero-order valence-corrected chi connectivity index (χ0v) is 12.1. The van der Waals surface area contributed by atoms with Gasteiger partial charge in [-0.1, -0.05) is 17.7 Å². The van der Waals surface area contributed by atoms with Crippen LogP contribution in [0.1, 0.15) is 12.8 Å². The van der Waals surface area contributed by atoms with E-state index in [9.17, 15) is 9.90 Å². The molecule has 1 aliphatic carbocycles. The fourth-order valence-electron chi connectivity index (χ4n) is 3.00. The maximum Gasteiger partial charge on any atom is 0.321 e. The number of aliphatic carboxylic acids is 1. The molecule has 1 unspecified atom stereocenters. The third-order valence-electron chi connectivity index (χ3n) is 4.20. The minimum absolute atomic E-state index is 0.281. The first-order valence-electron chi connectivity index (χ1n) is 7.12. The fourth-order valence-corrected chi connectivity index (χ4v) is 3.18. The van der Waals surface area contributed by atoms with Crippen LogP contribution in [0.4, 0.5) is 5.69 Å². The Bertz CT molecular complexity index is 496. The Morgan fingerprint density at radius 1 is 1.25 bits per heavy atom. The molecule has 5 heteroatoms. The van der Waals surface area contributed by atoms with E-state index in [1.165, 1.54) is 0 Å². The van der Waals surface area contributed by atoms with Gasteiger partial charge in [-0.05, 0) is 37.0 Å². The van der Waals surface area contributed by atoms with Crippen molar-refractivity contribution < 1.29 is 9.90 Å². The largest absolute Gasteiger partial charge is 0.480 e. The number of anilines is 1. The van der Waals surface area contributed by atoms with Gasteiger partial charge in [0.15, 0.2) is 0 Å². The molecule has 1 N–H and O–H groups in total. The summed E-state index contributed by atoms with van der Waals surface area (Å²) < 4.78 is 0. The summed E-state index contributed by atoms with van der Waals surface area (Å²) in [5.74, 6) is -0.297. The van der Waals surface area contributed by atoms with Gasteiger partial charge in [0, 0.05) is 36.9 Å². The molecule has 1 saturated carbocycles. The minimum atomic E-state index is -0.663. The van der Waals surface area contributed by atoms with Crippen LogP contribution < -0.4 is 4.90 Å². The zero-order valence-electron chi connectivity index (χ0n) is 11.3. The average Bonchev–Trinajstić information content (AvgIpc) is 3.24. The van der Waals surface area contributed by atoms with Crippen LogP contribution in [-0.4, -0.2) is 48.2 Å². The quantitative estimate of drug-likeness (QED) is 0.925. The number of halogens is 1. The lowest BCUT2D eigenvalue weighted by Gasteiger charge is -2.39. The van der Waals surface area contributed by atoms with Crippen LogP contribution in [-0.2, 0) is 4.79 Å². The van der Waals surface area contributed by atoms with E-state index in [2.05, 4.69) is 15.9 Å². The van der Waals surface area contributed by atoms with Crippen molar-refractivity contribution in [3.8, 4) is 0 Å². The lowest BCUT2D eigenvalue weighted by molar-refractivity contribution is -0.144. The van der Waals surface area contributed by atoms with Crippen LogP contribution in [0.5, 0.6) is 0 Å². The molecule has 0 aromatic heterocycles. The van der Waals surface area contributed by atoms with Crippen molar-refractivity contribution in [1.29, 1.82) is 0 Å². The first-order chi connectivity index (χ1) is 9.65. The Morgan fingerprint density at radius 2 is 1.95 bits per heavy atom. The molecule has 0 bridgehead atoms. The normalized spacial score (nSPS) is 21.8. The standard InChI is InChI=1S/C15H19ClN2O2/c16-12-2-1-3-13(10-12)17-6-8-18(9-7-17)14(15(19)20)11-4-5-11/h1-3,10-11,14H,4-9H2,(H,19,20). The first kappa shape index (κ1) is 13.7. The zero-order chi connectivity index (χ0) is 14.1.